The predicted octanol–water partition coefficient (Wildman–Crippen LogP) is 0.735. The Kier molecular flexibility index (Phi) is 3.68. The van der Waals surface area contributed by atoms with Gasteiger partial charge in [-0.05, 0) is 5.92 Å². The molecule has 4 nitrogen and oxygen atoms in total. The van der Waals surface area contributed by atoms with E-state index in [1.165, 1.54) is 0 Å². The zero-order valence-corrected chi connectivity index (χ0v) is 8.95. The van der Waals surface area contributed by atoms with Gasteiger partial charge in [-0.15, -0.1) is 0 Å². The molecule has 1 aromatic heterocycles. The highest BCUT2D eigenvalue weighted by Gasteiger charge is 2.06. The fourth-order valence-electron chi connectivity index (χ4n) is 1.09. The number of aromatic nitrogens is 2. The van der Waals surface area contributed by atoms with E-state index in [-0.39, 0.29) is 5.91 Å². The first-order chi connectivity index (χ1) is 6.59. The molecule has 0 aliphatic rings. The number of amides is 1. The van der Waals surface area contributed by atoms with Crippen LogP contribution in [0.2, 0.25) is 0 Å². The lowest BCUT2D eigenvalue weighted by molar-refractivity contribution is -0.120. The summed E-state index contributed by atoms with van der Waals surface area (Å²) in [5, 5.41) is 2.86. The second-order valence-electron chi connectivity index (χ2n) is 3.83. The van der Waals surface area contributed by atoms with Crippen molar-refractivity contribution in [3.63, 3.8) is 0 Å². The van der Waals surface area contributed by atoms with Crippen LogP contribution in [0.15, 0.2) is 12.4 Å². The normalized spacial score (nSPS) is 10.6. The van der Waals surface area contributed by atoms with Crippen LogP contribution in [0, 0.1) is 5.92 Å². The average molecular weight is 195 g/mol. The van der Waals surface area contributed by atoms with Crippen LogP contribution in [0.5, 0.6) is 0 Å². The Hall–Kier alpha value is -1.32. The van der Waals surface area contributed by atoms with E-state index in [1.54, 1.807) is 6.20 Å². The molecule has 1 amide bonds. The van der Waals surface area contributed by atoms with Crippen molar-refractivity contribution in [3.8, 4) is 0 Å². The number of imidazole rings is 1. The van der Waals surface area contributed by atoms with Crippen molar-refractivity contribution in [2.24, 2.45) is 13.0 Å². The summed E-state index contributed by atoms with van der Waals surface area (Å²) in [5.41, 5.74) is 0. The van der Waals surface area contributed by atoms with Crippen LogP contribution < -0.4 is 5.32 Å². The van der Waals surface area contributed by atoms with Gasteiger partial charge >= 0.3 is 0 Å². The van der Waals surface area contributed by atoms with E-state index in [2.05, 4.69) is 24.1 Å². The van der Waals surface area contributed by atoms with E-state index in [1.807, 2.05) is 17.8 Å². The molecule has 0 bridgehead atoms. The first-order valence-corrected chi connectivity index (χ1v) is 4.82. The summed E-state index contributed by atoms with van der Waals surface area (Å²) < 4.78 is 1.86. The highest BCUT2D eigenvalue weighted by molar-refractivity contribution is 5.77. The van der Waals surface area contributed by atoms with Crippen LogP contribution in [0.25, 0.3) is 0 Å². The highest BCUT2D eigenvalue weighted by Crippen LogP contribution is 1.95. The van der Waals surface area contributed by atoms with Gasteiger partial charge in [0.1, 0.15) is 5.82 Å². The van der Waals surface area contributed by atoms with E-state index in [4.69, 9.17) is 0 Å². The van der Waals surface area contributed by atoms with Crippen molar-refractivity contribution in [2.45, 2.75) is 20.3 Å². The van der Waals surface area contributed by atoms with E-state index in [0.717, 1.165) is 12.4 Å². The van der Waals surface area contributed by atoms with Gasteiger partial charge in [0.2, 0.25) is 5.91 Å². The molecule has 1 heterocycles. The molecule has 0 aliphatic heterocycles. The van der Waals surface area contributed by atoms with Crippen LogP contribution >= 0.6 is 0 Å². The lowest BCUT2D eigenvalue weighted by Crippen LogP contribution is -2.29. The number of rotatable bonds is 4. The number of aryl methyl sites for hydroxylation is 1. The zero-order chi connectivity index (χ0) is 10.6. The third-order valence-electron chi connectivity index (χ3n) is 1.95. The maximum absolute atomic E-state index is 11.4. The van der Waals surface area contributed by atoms with Gasteiger partial charge in [0.15, 0.2) is 0 Å². The monoisotopic (exact) mass is 195 g/mol. The number of carbonyl (C=O) groups excluding carboxylic acids is 1. The lowest BCUT2D eigenvalue weighted by Gasteiger charge is -2.07. The standard InChI is InChI=1S/C10H17N3O/c1-8(2)7-12-10(14)6-9-11-4-5-13(9)3/h4-5,8H,6-7H2,1-3H3,(H,12,14). The van der Waals surface area contributed by atoms with Crippen LogP contribution in [0.4, 0.5) is 0 Å². The van der Waals surface area contributed by atoms with Crippen molar-refractivity contribution < 1.29 is 4.79 Å². The fraction of sp³-hybridized carbons (Fsp3) is 0.600. The number of nitrogens with one attached hydrogen (secondary N) is 1. The molecular weight excluding hydrogens is 178 g/mol. The molecule has 0 unspecified atom stereocenters. The topological polar surface area (TPSA) is 46.9 Å². The Labute approximate surface area is 84.3 Å². The van der Waals surface area contributed by atoms with Gasteiger partial charge in [-0.25, -0.2) is 4.98 Å². The summed E-state index contributed by atoms with van der Waals surface area (Å²) in [4.78, 5) is 15.5. The molecule has 4 heteroatoms. The van der Waals surface area contributed by atoms with Crippen LogP contribution in [-0.4, -0.2) is 22.0 Å². The Bertz CT molecular complexity index is 304. The van der Waals surface area contributed by atoms with Crippen LogP contribution in [0.3, 0.4) is 0 Å². The molecule has 0 radical (unpaired) electrons. The smallest absolute Gasteiger partial charge is 0.227 e. The molecule has 1 aromatic rings. The maximum Gasteiger partial charge on any atom is 0.227 e. The molecule has 0 aliphatic carbocycles. The number of carbonyl (C=O) groups is 1. The first kappa shape index (κ1) is 10.8. The minimum atomic E-state index is 0.0352. The van der Waals surface area contributed by atoms with Gasteiger partial charge in [-0.1, -0.05) is 13.8 Å². The Morgan fingerprint density at radius 2 is 2.36 bits per heavy atom. The summed E-state index contributed by atoms with van der Waals surface area (Å²) in [6.07, 6.45) is 3.90. The van der Waals surface area contributed by atoms with E-state index in [9.17, 15) is 4.79 Å². The third kappa shape index (κ3) is 3.20. The number of nitrogens with zero attached hydrogens (tertiary/aromatic N) is 2. The summed E-state index contributed by atoms with van der Waals surface area (Å²) in [6, 6.07) is 0. The lowest BCUT2D eigenvalue weighted by atomic mass is 10.2. The van der Waals surface area contributed by atoms with E-state index in [0.29, 0.717) is 12.3 Å². The second-order valence-corrected chi connectivity index (χ2v) is 3.83. The summed E-state index contributed by atoms with van der Waals surface area (Å²) in [7, 11) is 1.89. The number of hydrogen-bond acceptors (Lipinski definition) is 2. The molecule has 0 spiro atoms. The Balaban J connectivity index is 2.38. The molecule has 1 N–H and O–H groups in total. The van der Waals surface area contributed by atoms with Crippen molar-refractivity contribution in [3.05, 3.63) is 18.2 Å². The van der Waals surface area contributed by atoms with Crippen LogP contribution in [0.1, 0.15) is 19.7 Å². The largest absolute Gasteiger partial charge is 0.355 e. The van der Waals surface area contributed by atoms with Gasteiger partial charge in [-0.3, -0.25) is 4.79 Å². The zero-order valence-electron chi connectivity index (χ0n) is 8.95. The highest BCUT2D eigenvalue weighted by atomic mass is 16.1. The van der Waals surface area contributed by atoms with E-state index < -0.39 is 0 Å². The Morgan fingerprint density at radius 1 is 1.64 bits per heavy atom. The molecule has 0 atom stereocenters. The fourth-order valence-corrected chi connectivity index (χ4v) is 1.09. The molecule has 0 fully saturated rings. The summed E-state index contributed by atoms with van der Waals surface area (Å²) in [5.74, 6) is 1.32. The molecule has 0 saturated heterocycles. The van der Waals surface area contributed by atoms with E-state index >= 15 is 0 Å². The van der Waals surface area contributed by atoms with Gasteiger partial charge in [0.05, 0.1) is 6.42 Å². The van der Waals surface area contributed by atoms with Gasteiger partial charge < -0.3 is 9.88 Å². The second kappa shape index (κ2) is 4.79. The van der Waals surface area contributed by atoms with Gasteiger partial charge in [0, 0.05) is 26.0 Å². The van der Waals surface area contributed by atoms with Gasteiger partial charge in [0.25, 0.3) is 0 Å². The van der Waals surface area contributed by atoms with Crippen LogP contribution in [-0.2, 0) is 18.3 Å². The van der Waals surface area contributed by atoms with Crippen molar-refractivity contribution in [2.75, 3.05) is 6.54 Å². The minimum Gasteiger partial charge on any atom is -0.355 e. The van der Waals surface area contributed by atoms with Gasteiger partial charge in [-0.2, -0.15) is 0 Å². The third-order valence-corrected chi connectivity index (χ3v) is 1.95. The predicted molar refractivity (Wildman–Crippen MR) is 54.8 cm³/mol. The maximum atomic E-state index is 11.4. The van der Waals surface area contributed by atoms with Crippen molar-refractivity contribution >= 4 is 5.91 Å². The first-order valence-electron chi connectivity index (χ1n) is 4.82. The molecule has 0 saturated carbocycles. The number of hydrogen-bond donors (Lipinski definition) is 1. The molecule has 1 rings (SSSR count). The molecule has 14 heavy (non-hydrogen) atoms. The quantitative estimate of drug-likeness (QED) is 0.770. The molecule has 78 valence electrons. The Morgan fingerprint density at radius 3 is 2.86 bits per heavy atom. The SMILES string of the molecule is CC(C)CNC(=O)Cc1nccn1C. The summed E-state index contributed by atoms with van der Waals surface area (Å²) >= 11 is 0. The molecular formula is C10H17N3O. The molecule has 0 aromatic carbocycles. The average Bonchev–Trinajstić information content (AvgIpc) is 2.49. The van der Waals surface area contributed by atoms with Crippen molar-refractivity contribution in [1.82, 2.24) is 14.9 Å². The summed E-state index contributed by atoms with van der Waals surface area (Å²) in [6.45, 7) is 4.87. The minimum absolute atomic E-state index is 0.0352. The van der Waals surface area contributed by atoms with Crippen molar-refractivity contribution in [1.29, 1.82) is 0 Å².